The molecule has 0 spiro atoms. The molecule has 1 fully saturated rings. The van der Waals surface area contributed by atoms with Crippen molar-refractivity contribution in [3.05, 3.63) is 39.4 Å². The second kappa shape index (κ2) is 8.67. The van der Waals surface area contributed by atoms with Crippen LogP contribution in [0.1, 0.15) is 15.9 Å². The Bertz CT molecular complexity index is 533. The molecular formula is C14H21ClN4O3. The lowest BCUT2D eigenvalue weighted by atomic mass is 10.1. The highest BCUT2D eigenvalue weighted by Gasteiger charge is 2.20. The molecule has 1 saturated heterocycles. The molecule has 0 radical (unpaired) electrons. The molecule has 7 nitrogen and oxygen atoms in total. The van der Waals surface area contributed by atoms with Gasteiger partial charge in [0.1, 0.15) is 5.56 Å². The van der Waals surface area contributed by atoms with Gasteiger partial charge in [0.05, 0.1) is 4.92 Å². The van der Waals surface area contributed by atoms with Crippen molar-refractivity contribution in [2.75, 3.05) is 39.3 Å². The summed E-state index contributed by atoms with van der Waals surface area (Å²) in [5.41, 5.74) is 0.799. The van der Waals surface area contributed by atoms with Gasteiger partial charge in [-0.2, -0.15) is 0 Å². The predicted molar refractivity (Wildman–Crippen MR) is 86.7 cm³/mol. The van der Waals surface area contributed by atoms with Crippen LogP contribution in [0.25, 0.3) is 0 Å². The molecule has 2 N–H and O–H groups in total. The molecule has 1 aliphatic heterocycles. The number of nitro benzene ring substituents is 1. The van der Waals surface area contributed by atoms with Crippen LogP contribution >= 0.6 is 12.4 Å². The fourth-order valence-corrected chi connectivity index (χ4v) is 2.35. The second-order valence-electron chi connectivity index (χ2n) is 5.13. The Morgan fingerprint density at radius 1 is 1.41 bits per heavy atom. The van der Waals surface area contributed by atoms with Crippen molar-refractivity contribution in [2.24, 2.45) is 0 Å². The number of benzene rings is 1. The van der Waals surface area contributed by atoms with E-state index in [1.54, 1.807) is 19.1 Å². The predicted octanol–water partition coefficient (Wildman–Crippen LogP) is 0.960. The van der Waals surface area contributed by atoms with Crippen molar-refractivity contribution in [3.8, 4) is 0 Å². The second-order valence-corrected chi connectivity index (χ2v) is 5.13. The number of hydrogen-bond acceptors (Lipinski definition) is 5. The number of carbonyl (C=O) groups is 1. The van der Waals surface area contributed by atoms with Gasteiger partial charge in [0.15, 0.2) is 0 Å². The molecule has 1 amide bonds. The van der Waals surface area contributed by atoms with E-state index in [0.717, 1.165) is 38.3 Å². The van der Waals surface area contributed by atoms with Crippen LogP contribution < -0.4 is 10.6 Å². The first-order valence-corrected chi connectivity index (χ1v) is 7.04. The zero-order chi connectivity index (χ0) is 15.2. The normalized spacial score (nSPS) is 15.0. The minimum Gasteiger partial charge on any atom is -0.351 e. The molecule has 2 rings (SSSR count). The number of aryl methyl sites for hydroxylation is 1. The molecule has 0 aliphatic carbocycles. The van der Waals surface area contributed by atoms with E-state index in [1.807, 2.05) is 0 Å². The third-order valence-electron chi connectivity index (χ3n) is 3.52. The van der Waals surface area contributed by atoms with E-state index in [1.165, 1.54) is 6.07 Å². The van der Waals surface area contributed by atoms with E-state index >= 15 is 0 Å². The monoisotopic (exact) mass is 328 g/mol. The van der Waals surface area contributed by atoms with Crippen LogP contribution in [0.4, 0.5) is 5.69 Å². The molecule has 0 saturated carbocycles. The molecule has 0 unspecified atom stereocenters. The summed E-state index contributed by atoms with van der Waals surface area (Å²) < 4.78 is 0. The van der Waals surface area contributed by atoms with Crippen molar-refractivity contribution < 1.29 is 9.72 Å². The first kappa shape index (κ1) is 18.3. The Morgan fingerprint density at radius 2 is 2.09 bits per heavy atom. The number of nitrogens with zero attached hydrogens (tertiary/aromatic N) is 2. The van der Waals surface area contributed by atoms with E-state index < -0.39 is 4.92 Å². The summed E-state index contributed by atoms with van der Waals surface area (Å²) in [4.78, 5) is 24.8. The van der Waals surface area contributed by atoms with Crippen LogP contribution in [-0.4, -0.2) is 55.0 Å². The average molecular weight is 329 g/mol. The SMILES string of the molecule is Cc1ccc([N+](=O)[O-])c(C(=O)NCCN2CCNCC2)c1.Cl. The summed E-state index contributed by atoms with van der Waals surface area (Å²) in [6, 6.07) is 4.56. The first-order chi connectivity index (χ1) is 10.1. The van der Waals surface area contributed by atoms with E-state index in [4.69, 9.17) is 0 Å². The van der Waals surface area contributed by atoms with Gasteiger partial charge in [0.25, 0.3) is 11.6 Å². The summed E-state index contributed by atoms with van der Waals surface area (Å²) in [5, 5.41) is 17.0. The van der Waals surface area contributed by atoms with Crippen molar-refractivity contribution in [2.45, 2.75) is 6.92 Å². The van der Waals surface area contributed by atoms with Crippen molar-refractivity contribution in [3.63, 3.8) is 0 Å². The smallest absolute Gasteiger partial charge is 0.282 e. The van der Waals surface area contributed by atoms with Gasteiger partial charge in [-0.3, -0.25) is 19.8 Å². The first-order valence-electron chi connectivity index (χ1n) is 7.04. The molecule has 1 aliphatic rings. The quantitative estimate of drug-likeness (QED) is 0.621. The summed E-state index contributed by atoms with van der Waals surface area (Å²) in [5.74, 6) is -0.388. The molecule has 0 atom stereocenters. The molecule has 0 bridgehead atoms. The van der Waals surface area contributed by atoms with Gasteiger partial charge >= 0.3 is 0 Å². The zero-order valence-electron chi connectivity index (χ0n) is 12.5. The third-order valence-corrected chi connectivity index (χ3v) is 3.52. The minimum atomic E-state index is -0.523. The molecule has 8 heteroatoms. The van der Waals surface area contributed by atoms with Gasteiger partial charge in [-0.25, -0.2) is 0 Å². The zero-order valence-corrected chi connectivity index (χ0v) is 13.3. The van der Waals surface area contributed by atoms with Crippen LogP contribution in [0.3, 0.4) is 0 Å². The van der Waals surface area contributed by atoms with E-state index in [-0.39, 0.29) is 29.6 Å². The summed E-state index contributed by atoms with van der Waals surface area (Å²) in [7, 11) is 0. The lowest BCUT2D eigenvalue weighted by Crippen LogP contribution is -2.46. The number of amides is 1. The largest absolute Gasteiger partial charge is 0.351 e. The highest BCUT2D eigenvalue weighted by Crippen LogP contribution is 2.19. The molecule has 0 aromatic heterocycles. The fourth-order valence-electron chi connectivity index (χ4n) is 2.35. The molecule has 1 heterocycles. The summed E-state index contributed by atoms with van der Waals surface area (Å²) >= 11 is 0. The molecule has 22 heavy (non-hydrogen) atoms. The van der Waals surface area contributed by atoms with Crippen molar-refractivity contribution >= 4 is 24.0 Å². The lowest BCUT2D eigenvalue weighted by molar-refractivity contribution is -0.385. The van der Waals surface area contributed by atoms with Gasteiger partial charge in [0.2, 0.25) is 0 Å². The summed E-state index contributed by atoms with van der Waals surface area (Å²) in [6.45, 7) is 6.88. The Balaban J connectivity index is 0.00000242. The Kier molecular flexibility index (Phi) is 7.23. The van der Waals surface area contributed by atoms with E-state index in [9.17, 15) is 14.9 Å². The van der Waals surface area contributed by atoms with Gasteiger partial charge < -0.3 is 10.6 Å². The van der Waals surface area contributed by atoms with Crippen molar-refractivity contribution in [1.82, 2.24) is 15.5 Å². The molecule has 122 valence electrons. The molecule has 1 aromatic rings. The van der Waals surface area contributed by atoms with Crippen LogP contribution in [-0.2, 0) is 0 Å². The molecular weight excluding hydrogens is 308 g/mol. The number of hydrogen-bond donors (Lipinski definition) is 2. The minimum absolute atomic E-state index is 0. The summed E-state index contributed by atoms with van der Waals surface area (Å²) in [6.07, 6.45) is 0. The Hall–Kier alpha value is -1.70. The number of piperazine rings is 1. The number of carbonyl (C=O) groups excluding carboxylic acids is 1. The average Bonchev–Trinajstić information content (AvgIpc) is 2.47. The number of nitro groups is 1. The van der Waals surface area contributed by atoms with Crippen LogP contribution in [0.15, 0.2) is 18.2 Å². The highest BCUT2D eigenvalue weighted by atomic mass is 35.5. The highest BCUT2D eigenvalue weighted by molar-refractivity contribution is 5.98. The van der Waals surface area contributed by atoms with Crippen LogP contribution in [0, 0.1) is 17.0 Å². The van der Waals surface area contributed by atoms with E-state index in [0.29, 0.717) is 6.54 Å². The number of nitrogens with one attached hydrogen (secondary N) is 2. The topological polar surface area (TPSA) is 87.5 Å². The van der Waals surface area contributed by atoms with Gasteiger partial charge in [0, 0.05) is 45.3 Å². The van der Waals surface area contributed by atoms with Crippen LogP contribution in [0.2, 0.25) is 0 Å². The Morgan fingerprint density at radius 3 is 2.73 bits per heavy atom. The van der Waals surface area contributed by atoms with Gasteiger partial charge in [-0.05, 0) is 18.6 Å². The third kappa shape index (κ3) is 4.94. The fraction of sp³-hybridized carbons (Fsp3) is 0.500. The van der Waals surface area contributed by atoms with E-state index in [2.05, 4.69) is 15.5 Å². The maximum Gasteiger partial charge on any atom is 0.282 e. The van der Waals surface area contributed by atoms with Gasteiger partial charge in [-0.1, -0.05) is 6.07 Å². The Labute approximate surface area is 135 Å². The van der Waals surface area contributed by atoms with Gasteiger partial charge in [-0.15, -0.1) is 12.4 Å². The number of rotatable bonds is 5. The molecule has 1 aromatic carbocycles. The maximum atomic E-state index is 12.1. The van der Waals surface area contributed by atoms with Crippen molar-refractivity contribution in [1.29, 1.82) is 0 Å². The standard InChI is InChI=1S/C14H20N4O3.ClH/c1-11-2-3-13(18(20)21)12(10-11)14(19)16-6-9-17-7-4-15-5-8-17;/h2-3,10,15H,4-9H2,1H3,(H,16,19);1H. The van der Waals surface area contributed by atoms with Crippen LogP contribution in [0.5, 0.6) is 0 Å². The number of halogens is 1. The maximum absolute atomic E-state index is 12.1. The lowest BCUT2D eigenvalue weighted by Gasteiger charge is -2.27.